The monoisotopic (exact) mass is 505 g/mol. The minimum Gasteiger partial charge on any atom is -0.327 e. The zero-order chi connectivity index (χ0) is 26.0. The number of aromatic nitrogens is 4. The first-order valence-corrected chi connectivity index (χ1v) is 13.6. The molecule has 2 aromatic carbocycles. The Kier molecular flexibility index (Phi) is 4.77. The largest absolute Gasteiger partial charge is 0.327 e. The third-order valence-corrected chi connectivity index (χ3v) is 8.40. The van der Waals surface area contributed by atoms with Crippen LogP contribution in [0.2, 0.25) is 0 Å². The summed E-state index contributed by atoms with van der Waals surface area (Å²) in [5.74, 6) is 0.880. The van der Waals surface area contributed by atoms with Gasteiger partial charge in [0.05, 0.1) is 52.2 Å². The second-order valence-electron chi connectivity index (χ2n) is 10.7. The minimum atomic E-state index is -0.272. The fourth-order valence-corrected chi connectivity index (χ4v) is 6.58. The average molecular weight is 506 g/mol. The van der Waals surface area contributed by atoms with Crippen molar-refractivity contribution in [2.45, 2.75) is 31.2 Å². The molecule has 188 valence electrons. The molecular weight excluding hydrogens is 478 g/mol. The predicted molar refractivity (Wildman–Crippen MR) is 159 cm³/mol. The summed E-state index contributed by atoms with van der Waals surface area (Å²) < 4.78 is 2.15. The van der Waals surface area contributed by atoms with Gasteiger partial charge < -0.3 is 4.90 Å². The van der Waals surface area contributed by atoms with Crippen LogP contribution >= 0.6 is 0 Å². The molecule has 5 heteroatoms. The van der Waals surface area contributed by atoms with Gasteiger partial charge in [0.15, 0.2) is 0 Å². The lowest BCUT2D eigenvalue weighted by Gasteiger charge is -2.38. The zero-order valence-electron chi connectivity index (χ0n) is 21.7. The number of rotatable bonds is 3. The predicted octanol–water partition coefficient (Wildman–Crippen LogP) is 7.82. The van der Waals surface area contributed by atoms with E-state index in [4.69, 9.17) is 15.0 Å². The highest BCUT2D eigenvalue weighted by molar-refractivity contribution is 6.08. The number of hydrogen-bond donors (Lipinski definition) is 0. The van der Waals surface area contributed by atoms with E-state index in [2.05, 4.69) is 114 Å². The van der Waals surface area contributed by atoms with Gasteiger partial charge >= 0.3 is 0 Å². The molecule has 0 saturated carbocycles. The maximum absolute atomic E-state index is 4.93. The highest BCUT2D eigenvalue weighted by Crippen LogP contribution is 2.53. The number of anilines is 2. The zero-order valence-corrected chi connectivity index (χ0v) is 21.7. The first-order valence-electron chi connectivity index (χ1n) is 13.6. The molecule has 3 aliphatic rings. The molecule has 1 aliphatic heterocycles. The van der Waals surface area contributed by atoms with Gasteiger partial charge in [0.25, 0.3) is 0 Å². The van der Waals surface area contributed by atoms with Crippen LogP contribution in [-0.2, 0) is 0 Å². The van der Waals surface area contributed by atoms with Gasteiger partial charge in [0, 0.05) is 16.7 Å². The fraction of sp³-hybridized carbons (Fsp3) is 0.147. The van der Waals surface area contributed by atoms with E-state index >= 15 is 0 Å². The Morgan fingerprint density at radius 2 is 1.59 bits per heavy atom. The Labute approximate surface area is 227 Å². The van der Waals surface area contributed by atoms with Gasteiger partial charge in [-0.15, -0.1) is 0 Å². The van der Waals surface area contributed by atoms with Gasteiger partial charge in [-0.2, -0.15) is 0 Å². The number of nitrogens with zero attached hydrogens (tertiary/aromatic N) is 5. The Morgan fingerprint density at radius 1 is 0.846 bits per heavy atom. The highest BCUT2D eigenvalue weighted by Gasteiger charge is 2.47. The summed E-state index contributed by atoms with van der Waals surface area (Å²) >= 11 is 0. The van der Waals surface area contributed by atoms with Crippen LogP contribution in [0.5, 0.6) is 0 Å². The number of allylic oxidation sites excluding steroid dienone is 6. The Morgan fingerprint density at radius 3 is 2.31 bits per heavy atom. The first-order chi connectivity index (χ1) is 19.2. The van der Waals surface area contributed by atoms with E-state index in [1.54, 1.807) is 0 Å². The molecular formula is C34H27N5. The number of benzene rings is 2. The third kappa shape index (κ3) is 3.23. The standard InChI is InChI=1S/C34H27N5/c1-34-18-10-9-15-28(34)27-19-29(23-11-3-2-4-12-23)35-22-32(27)39(34)24-20-36-33(37-21-24)38-30-16-7-5-13-25(30)26-14-6-8-17-31(26)38/h3,5-22,28H,2,4H2,1H3. The summed E-state index contributed by atoms with van der Waals surface area (Å²) in [7, 11) is 0. The minimum absolute atomic E-state index is 0.212. The average Bonchev–Trinajstić information content (AvgIpc) is 3.46. The lowest BCUT2D eigenvalue weighted by molar-refractivity contribution is 0.541. The third-order valence-electron chi connectivity index (χ3n) is 8.40. The van der Waals surface area contributed by atoms with E-state index in [0.29, 0.717) is 5.95 Å². The summed E-state index contributed by atoms with van der Waals surface area (Å²) in [4.78, 5) is 17.1. The van der Waals surface area contributed by atoms with Crippen LogP contribution in [0.15, 0.2) is 116 Å². The van der Waals surface area contributed by atoms with Crippen molar-refractivity contribution in [3.63, 3.8) is 0 Å². The van der Waals surface area contributed by atoms with Crippen molar-refractivity contribution in [3.8, 4) is 5.95 Å². The number of hydrogen-bond acceptors (Lipinski definition) is 4. The summed E-state index contributed by atoms with van der Waals surface area (Å²) in [6.07, 6.45) is 23.7. The lowest BCUT2D eigenvalue weighted by atomic mass is 9.80. The van der Waals surface area contributed by atoms with Crippen molar-refractivity contribution < 1.29 is 0 Å². The molecule has 5 aromatic rings. The van der Waals surface area contributed by atoms with Gasteiger partial charge in [-0.25, -0.2) is 9.97 Å². The molecule has 0 saturated heterocycles. The molecule has 2 aliphatic carbocycles. The van der Waals surface area contributed by atoms with Crippen LogP contribution in [0.1, 0.15) is 36.9 Å². The molecule has 8 rings (SSSR count). The Hall–Kier alpha value is -4.77. The van der Waals surface area contributed by atoms with Gasteiger partial charge in [-0.1, -0.05) is 78.9 Å². The van der Waals surface area contributed by atoms with E-state index in [-0.39, 0.29) is 11.5 Å². The van der Waals surface area contributed by atoms with Crippen LogP contribution in [0.4, 0.5) is 11.4 Å². The maximum atomic E-state index is 4.93. The number of pyridine rings is 1. The normalized spacial score (nSPS) is 21.4. The molecule has 3 aromatic heterocycles. The molecule has 0 radical (unpaired) electrons. The van der Waals surface area contributed by atoms with E-state index in [9.17, 15) is 0 Å². The van der Waals surface area contributed by atoms with E-state index in [1.807, 2.05) is 18.6 Å². The van der Waals surface area contributed by atoms with E-state index in [0.717, 1.165) is 40.9 Å². The second kappa shape index (κ2) is 8.37. The SMILES string of the molecule is CC12C=CC=CC1c1cc(C3=CCCC=C3)ncc1N2c1cnc(-n2c3ccccc3c3ccccc32)nc1. The molecule has 2 unspecified atom stereocenters. The van der Waals surface area contributed by atoms with Crippen LogP contribution in [0, 0.1) is 0 Å². The van der Waals surface area contributed by atoms with Crippen molar-refractivity contribution in [2.75, 3.05) is 4.90 Å². The topological polar surface area (TPSA) is 46.8 Å². The Bertz CT molecular complexity index is 1840. The van der Waals surface area contributed by atoms with Gasteiger partial charge in [0.1, 0.15) is 0 Å². The fourth-order valence-electron chi connectivity index (χ4n) is 6.58. The molecule has 2 atom stereocenters. The molecule has 0 N–H and O–H groups in total. The summed E-state index contributed by atoms with van der Waals surface area (Å²) in [6.45, 7) is 2.29. The molecule has 5 nitrogen and oxygen atoms in total. The van der Waals surface area contributed by atoms with Crippen LogP contribution in [-0.4, -0.2) is 25.1 Å². The molecule has 0 bridgehead atoms. The summed E-state index contributed by atoms with van der Waals surface area (Å²) in [5, 5.41) is 2.40. The molecule has 0 fully saturated rings. The Balaban J connectivity index is 1.25. The van der Waals surface area contributed by atoms with Crippen LogP contribution in [0.3, 0.4) is 0 Å². The first kappa shape index (κ1) is 22.2. The van der Waals surface area contributed by atoms with Crippen molar-refractivity contribution in [2.24, 2.45) is 0 Å². The van der Waals surface area contributed by atoms with Crippen LogP contribution < -0.4 is 4.90 Å². The quantitative estimate of drug-likeness (QED) is 0.251. The number of fused-ring (bicyclic) bond motifs is 6. The number of para-hydroxylation sites is 2. The lowest BCUT2D eigenvalue weighted by Crippen LogP contribution is -2.42. The van der Waals surface area contributed by atoms with Gasteiger partial charge in [-0.3, -0.25) is 9.55 Å². The smallest absolute Gasteiger partial charge is 0.234 e. The van der Waals surface area contributed by atoms with E-state index in [1.165, 1.54) is 21.9 Å². The maximum Gasteiger partial charge on any atom is 0.234 e. The second-order valence-corrected chi connectivity index (χ2v) is 10.7. The van der Waals surface area contributed by atoms with Crippen molar-refractivity contribution >= 4 is 38.8 Å². The van der Waals surface area contributed by atoms with Gasteiger partial charge in [-0.05, 0) is 49.1 Å². The van der Waals surface area contributed by atoms with Crippen molar-refractivity contribution in [1.82, 2.24) is 19.5 Å². The van der Waals surface area contributed by atoms with Gasteiger partial charge in [0.2, 0.25) is 5.95 Å². The summed E-state index contributed by atoms with van der Waals surface area (Å²) in [5.41, 5.74) is 7.53. The highest BCUT2D eigenvalue weighted by atomic mass is 15.3. The summed E-state index contributed by atoms with van der Waals surface area (Å²) in [6, 6.07) is 19.2. The van der Waals surface area contributed by atoms with Crippen molar-refractivity contribution in [3.05, 3.63) is 127 Å². The molecule has 0 spiro atoms. The molecule has 39 heavy (non-hydrogen) atoms. The van der Waals surface area contributed by atoms with Crippen LogP contribution in [0.25, 0.3) is 33.3 Å². The molecule has 4 heterocycles. The van der Waals surface area contributed by atoms with Crippen molar-refractivity contribution in [1.29, 1.82) is 0 Å². The molecule has 0 amide bonds. The van der Waals surface area contributed by atoms with E-state index < -0.39 is 0 Å².